The third-order valence-electron chi connectivity index (χ3n) is 8.83. The van der Waals surface area contributed by atoms with Crippen LogP contribution < -0.4 is 0 Å². The maximum Gasteiger partial charge on any atom is 0.164 e. The minimum atomic E-state index is -0.930. The summed E-state index contributed by atoms with van der Waals surface area (Å²) >= 11 is 0. The Morgan fingerprint density at radius 2 is 0.630 bits per heavy atom. The Hall–Kier alpha value is -7.23. The van der Waals surface area contributed by atoms with Gasteiger partial charge in [-0.05, 0) is 83.8 Å². The van der Waals surface area contributed by atoms with Gasteiger partial charge in [-0.1, -0.05) is 182 Å². The molecule has 3 heteroatoms. The first-order valence-corrected chi connectivity index (χ1v) is 16.7. The molecule has 0 fully saturated rings. The van der Waals surface area contributed by atoms with E-state index in [1.807, 2.05) is 42.5 Å². The zero-order valence-corrected chi connectivity index (χ0v) is 27.9. The number of fused-ring (bicyclic) bond motifs is 6. The number of hydrogen-bond donors (Lipinski definition) is 0. The van der Waals surface area contributed by atoms with Crippen molar-refractivity contribution in [1.82, 2.24) is 15.0 Å². The molecule has 1 heterocycles. The summed E-state index contributed by atoms with van der Waals surface area (Å²) in [5.41, 5.74) is -0.327. The smallest absolute Gasteiger partial charge is 0.164 e. The van der Waals surface area contributed by atoms with E-state index in [1.165, 1.54) is 0 Å². The zero-order valence-electron chi connectivity index (χ0n) is 46.9. The van der Waals surface area contributed by atoms with Crippen LogP contribution in [0.4, 0.5) is 0 Å². The second-order valence-electron chi connectivity index (χ2n) is 12.1. The number of nitrogens with zero attached hydrogens (tertiary/aromatic N) is 3. The van der Waals surface area contributed by atoms with E-state index in [4.69, 9.17) is 24.2 Å². The van der Waals surface area contributed by atoms with E-state index in [-0.39, 0.29) is 17.5 Å². The van der Waals surface area contributed by atoms with E-state index < -0.39 is 175 Å². The summed E-state index contributed by atoms with van der Waals surface area (Å²) in [5.74, 6) is -0.0734. The Bertz CT molecular complexity index is 4020. The predicted octanol–water partition coefficient (Wildman–Crippen LogP) is 13.3. The van der Waals surface area contributed by atoms with Crippen LogP contribution in [0.1, 0.15) is 26.0 Å². The Balaban J connectivity index is 1.27. The molecule has 3 nitrogen and oxygen atoms in total. The number of rotatable bonds is 6. The summed E-state index contributed by atoms with van der Waals surface area (Å²) in [7, 11) is 0. The van der Waals surface area contributed by atoms with E-state index in [2.05, 4.69) is 9.97 Å². The Morgan fingerprint density at radius 1 is 0.259 bits per heavy atom. The van der Waals surface area contributed by atoms with Gasteiger partial charge >= 0.3 is 0 Å². The largest absolute Gasteiger partial charge is 0.208 e. The summed E-state index contributed by atoms with van der Waals surface area (Å²) in [5, 5.41) is -2.68. The molecule has 1 aromatic heterocycles. The second-order valence-corrected chi connectivity index (χ2v) is 12.1. The van der Waals surface area contributed by atoms with Gasteiger partial charge in [0.1, 0.15) is 0 Å². The Kier molecular flexibility index (Phi) is 4.35. The van der Waals surface area contributed by atoms with Crippen molar-refractivity contribution in [2.24, 2.45) is 0 Å². The minimum Gasteiger partial charge on any atom is -0.208 e. The quantitative estimate of drug-likeness (QED) is 0.162. The monoisotopic (exact) mass is 706 g/mol. The summed E-state index contributed by atoms with van der Waals surface area (Å²) < 4.78 is 172. The SMILES string of the molecule is [2H]c1c([2H])c(-c2nc(-c3ccccc3)nc(-c3ccc(-c4ccccc4)cc3)n2)c([2H])c(-c2c([2H])c([2H])c([2H])c(-c3c([2H])c([2H])c4c5c([2H])c([2H])c([2H])c([2H])c5c5c([2H])c([2H])c([2H])c([2H])c5c4c3[2H])c2[2H])c1[2H]. The van der Waals surface area contributed by atoms with Crippen LogP contribution in [0.25, 0.3) is 99.9 Å². The van der Waals surface area contributed by atoms with Gasteiger partial charge in [-0.25, -0.2) is 15.0 Å². The fourth-order valence-electron chi connectivity index (χ4n) is 6.23. The first-order valence-electron chi connectivity index (χ1n) is 26.2. The summed E-state index contributed by atoms with van der Waals surface area (Å²) in [6.07, 6.45) is 0. The van der Waals surface area contributed by atoms with Crippen molar-refractivity contribution >= 4 is 32.3 Å². The van der Waals surface area contributed by atoms with Crippen molar-refractivity contribution < 1.29 is 26.0 Å². The lowest BCUT2D eigenvalue weighted by atomic mass is 9.91. The van der Waals surface area contributed by atoms with Crippen molar-refractivity contribution in [3.63, 3.8) is 0 Å². The molecule has 252 valence electrons. The lowest BCUT2D eigenvalue weighted by molar-refractivity contribution is 1.07. The molecule has 0 unspecified atom stereocenters. The first-order chi connectivity index (χ1) is 34.7. The van der Waals surface area contributed by atoms with Gasteiger partial charge in [0.15, 0.2) is 17.5 Å². The first kappa shape index (κ1) is 17.5. The summed E-state index contributed by atoms with van der Waals surface area (Å²) in [6, 6.07) is 10.3. The van der Waals surface area contributed by atoms with Crippen LogP contribution in [0.5, 0.6) is 0 Å². The molecular formula is C51H33N3. The average molecular weight is 707 g/mol. The fraction of sp³-hybridized carbons (Fsp3) is 0. The van der Waals surface area contributed by atoms with Gasteiger partial charge in [0.25, 0.3) is 0 Å². The normalized spacial score (nSPS) is 16.3. The van der Waals surface area contributed by atoms with Crippen LogP contribution in [0.15, 0.2) is 200 Å². The molecule has 0 N–H and O–H groups in total. The molecule has 0 saturated carbocycles. The predicted molar refractivity (Wildman–Crippen MR) is 225 cm³/mol. The summed E-state index contributed by atoms with van der Waals surface area (Å²) in [4.78, 5) is 14.1. The molecule has 10 rings (SSSR count). The van der Waals surface area contributed by atoms with E-state index >= 15 is 0 Å². The molecule has 0 atom stereocenters. The van der Waals surface area contributed by atoms with Gasteiger partial charge in [-0.15, -0.1) is 0 Å². The molecule has 0 aliphatic rings. The molecule has 54 heavy (non-hydrogen) atoms. The van der Waals surface area contributed by atoms with Gasteiger partial charge in [-0.2, -0.15) is 0 Å². The molecule has 0 aliphatic carbocycles. The molecular weight excluding hydrogens is 655 g/mol. The third kappa shape index (κ3) is 5.78. The zero-order chi connectivity index (χ0) is 52.4. The van der Waals surface area contributed by atoms with Crippen LogP contribution in [-0.2, 0) is 0 Å². The van der Waals surface area contributed by atoms with E-state index in [0.29, 0.717) is 11.1 Å². The van der Waals surface area contributed by atoms with Crippen molar-refractivity contribution in [2.75, 3.05) is 0 Å². The third-order valence-corrected chi connectivity index (χ3v) is 8.83. The molecule has 0 aliphatic heterocycles. The Labute approximate surface area is 340 Å². The molecule has 0 radical (unpaired) electrons. The maximum absolute atomic E-state index is 9.73. The highest BCUT2D eigenvalue weighted by atomic mass is 15.0. The minimum absolute atomic E-state index is 0.108. The van der Waals surface area contributed by atoms with Crippen LogP contribution in [0, 0.1) is 0 Å². The highest BCUT2D eigenvalue weighted by Gasteiger charge is 2.14. The van der Waals surface area contributed by atoms with Crippen LogP contribution >= 0.6 is 0 Å². The number of aromatic nitrogens is 3. The molecule has 0 spiro atoms. The van der Waals surface area contributed by atoms with Gasteiger partial charge in [0.05, 0.1) is 26.0 Å². The van der Waals surface area contributed by atoms with Crippen LogP contribution in [0.3, 0.4) is 0 Å². The van der Waals surface area contributed by atoms with Gasteiger partial charge < -0.3 is 0 Å². The van der Waals surface area contributed by atoms with Crippen molar-refractivity contribution in [3.8, 4) is 67.5 Å². The molecule has 10 aromatic rings. The fourth-order valence-corrected chi connectivity index (χ4v) is 6.23. The van der Waals surface area contributed by atoms with E-state index in [0.717, 1.165) is 11.1 Å². The highest BCUT2D eigenvalue weighted by molar-refractivity contribution is 6.25. The molecule has 0 saturated heterocycles. The topological polar surface area (TPSA) is 38.7 Å². The van der Waals surface area contributed by atoms with Crippen molar-refractivity contribution in [2.45, 2.75) is 0 Å². The van der Waals surface area contributed by atoms with Crippen LogP contribution in [-0.4, -0.2) is 15.0 Å². The van der Waals surface area contributed by atoms with Crippen molar-refractivity contribution in [1.29, 1.82) is 0 Å². The molecule has 9 aromatic carbocycles. The van der Waals surface area contributed by atoms with E-state index in [1.54, 1.807) is 42.5 Å². The highest BCUT2D eigenvalue weighted by Crippen LogP contribution is 2.38. The van der Waals surface area contributed by atoms with Gasteiger partial charge in [0, 0.05) is 16.7 Å². The molecule has 0 bridgehead atoms. The Morgan fingerprint density at radius 3 is 1.19 bits per heavy atom. The maximum atomic E-state index is 9.73. The standard InChI is InChI=1S/C51H33N3/c1-3-13-34(14-4-1)35-25-27-37(28-26-35)50-52-49(36-15-5-2-6-16-36)53-51(54-50)42-20-12-19-40(32-42)38-17-11-18-39(31-38)41-29-30-47-45-23-8-7-21-43(45)44-22-9-10-24-46(44)48(47)33-41/h1-33H/i7D,8D,9D,10D,11D,12D,17D,18D,19D,20D,21D,22D,23D,24D,29D,30D,31D,32D,33D. The van der Waals surface area contributed by atoms with Gasteiger partial charge in [0.2, 0.25) is 0 Å². The van der Waals surface area contributed by atoms with Crippen LogP contribution in [0.2, 0.25) is 0 Å². The number of benzene rings is 9. The van der Waals surface area contributed by atoms with E-state index in [9.17, 15) is 6.85 Å². The number of hydrogen-bond acceptors (Lipinski definition) is 3. The average Bonchev–Trinajstić information content (AvgIpc) is 3.40. The lowest BCUT2D eigenvalue weighted by Crippen LogP contribution is -2.00. The summed E-state index contributed by atoms with van der Waals surface area (Å²) in [6.45, 7) is 0. The molecule has 0 amide bonds. The van der Waals surface area contributed by atoms with Crippen molar-refractivity contribution in [3.05, 3.63) is 200 Å². The second kappa shape index (κ2) is 13.4. The lowest BCUT2D eigenvalue weighted by Gasteiger charge is -2.13. The van der Waals surface area contributed by atoms with Gasteiger partial charge in [-0.3, -0.25) is 0 Å².